The number of carbonyl (C=O) groups is 7. The van der Waals surface area contributed by atoms with Gasteiger partial charge in [0.15, 0.2) is 11.6 Å². The second kappa shape index (κ2) is 21.5. The number of hydrogen-bond donors (Lipinski definition) is 7. The molecule has 0 radical (unpaired) electrons. The summed E-state index contributed by atoms with van der Waals surface area (Å²) in [5, 5.41) is 58.0. The van der Waals surface area contributed by atoms with Crippen molar-refractivity contribution in [1.29, 1.82) is 0 Å². The lowest BCUT2D eigenvalue weighted by Crippen LogP contribution is -2.42. The van der Waals surface area contributed by atoms with Gasteiger partial charge in [-0.25, -0.2) is 4.79 Å². The van der Waals surface area contributed by atoms with Gasteiger partial charge in [0, 0.05) is 54.1 Å². The molecule has 4 rings (SSSR count). The SMILES string of the molecule is CC(=O)N[C@@H](CSC1=C2NC(=O)/C=C/C=C\C=C\[C@H](C)[C@@H](O)CC(=O)/C(C)=C/C[C@H](O)/C=C/[C@H](C)[C@H](O)[C@@H](C)/C=C(/C)C(=O)c3c(O)c(C)cc(c3C1=O)C2=O)C(=O)O. The molecule has 14 nitrogen and oxygen atoms in total. The highest BCUT2D eigenvalue weighted by atomic mass is 32.2. The first-order valence-electron chi connectivity index (χ1n) is 19.0. The lowest BCUT2D eigenvalue weighted by atomic mass is 9.83. The number of amides is 2. The summed E-state index contributed by atoms with van der Waals surface area (Å²) in [5.41, 5.74) is -1.35. The number of aryl methyl sites for hydroxylation is 1. The van der Waals surface area contributed by atoms with Gasteiger partial charge in [0.2, 0.25) is 23.4 Å². The van der Waals surface area contributed by atoms with Crippen LogP contribution < -0.4 is 10.6 Å². The monoisotopic (exact) mass is 832 g/mol. The van der Waals surface area contributed by atoms with Crippen molar-refractivity contribution in [3.63, 3.8) is 0 Å². The van der Waals surface area contributed by atoms with E-state index in [0.29, 0.717) is 17.3 Å². The van der Waals surface area contributed by atoms with Crippen LogP contribution in [0.4, 0.5) is 0 Å². The number of carboxylic acid groups (broad SMARTS) is 1. The highest BCUT2D eigenvalue weighted by Crippen LogP contribution is 2.40. The van der Waals surface area contributed by atoms with E-state index in [1.54, 1.807) is 58.1 Å². The molecule has 0 spiro atoms. The van der Waals surface area contributed by atoms with E-state index in [4.69, 9.17) is 0 Å². The van der Waals surface area contributed by atoms with Gasteiger partial charge >= 0.3 is 5.97 Å². The zero-order valence-electron chi connectivity index (χ0n) is 34.0. The van der Waals surface area contributed by atoms with Crippen molar-refractivity contribution in [1.82, 2.24) is 10.6 Å². The number of thioether (sulfide) groups is 1. The molecule has 1 aliphatic carbocycles. The summed E-state index contributed by atoms with van der Waals surface area (Å²) in [6.45, 7) is 10.6. The van der Waals surface area contributed by atoms with E-state index >= 15 is 0 Å². The van der Waals surface area contributed by atoms with E-state index < -0.39 is 110 Å². The van der Waals surface area contributed by atoms with E-state index in [-0.39, 0.29) is 35.3 Å². The second-order valence-corrected chi connectivity index (χ2v) is 15.8. The average Bonchev–Trinajstić information content (AvgIpc) is 3.17. The Morgan fingerprint density at radius 2 is 1.51 bits per heavy atom. The van der Waals surface area contributed by atoms with E-state index in [0.717, 1.165) is 13.0 Å². The fourth-order valence-corrected chi connectivity index (χ4v) is 7.32. The van der Waals surface area contributed by atoms with E-state index in [9.17, 15) is 59.1 Å². The summed E-state index contributed by atoms with van der Waals surface area (Å²) >= 11 is 0.556. The van der Waals surface area contributed by atoms with Crippen LogP contribution in [0.1, 0.15) is 91.0 Å². The number of benzene rings is 1. The topological polar surface area (TPSA) is 245 Å². The number of rotatable bonds is 5. The maximum absolute atomic E-state index is 14.4. The van der Waals surface area contributed by atoms with E-state index in [2.05, 4.69) is 10.6 Å². The molecule has 7 atom stereocenters. The van der Waals surface area contributed by atoms with Crippen LogP contribution in [0, 0.1) is 24.7 Å². The summed E-state index contributed by atoms with van der Waals surface area (Å²) in [6.07, 6.45) is 11.6. The van der Waals surface area contributed by atoms with Gasteiger partial charge in [0.05, 0.1) is 28.8 Å². The van der Waals surface area contributed by atoms with Gasteiger partial charge in [0.1, 0.15) is 17.5 Å². The first-order chi connectivity index (χ1) is 27.7. The molecular weight excluding hydrogens is 781 g/mol. The van der Waals surface area contributed by atoms with Gasteiger partial charge in [-0.15, -0.1) is 11.8 Å². The number of nitrogens with one attached hydrogen (secondary N) is 2. The number of hydrogen-bond acceptors (Lipinski definition) is 12. The molecule has 0 saturated carbocycles. The second-order valence-electron chi connectivity index (χ2n) is 14.7. The van der Waals surface area contributed by atoms with Gasteiger partial charge in [-0.05, 0) is 50.0 Å². The van der Waals surface area contributed by atoms with Gasteiger partial charge < -0.3 is 36.2 Å². The lowest BCUT2D eigenvalue weighted by Gasteiger charge is -2.25. The third-order valence-electron chi connectivity index (χ3n) is 9.86. The normalized spacial score (nSPS) is 28.7. The highest BCUT2D eigenvalue weighted by molar-refractivity contribution is 8.04. The van der Waals surface area contributed by atoms with Gasteiger partial charge in [-0.3, -0.25) is 28.8 Å². The Labute approximate surface area is 347 Å². The zero-order chi connectivity index (χ0) is 44.3. The molecule has 15 heteroatoms. The van der Waals surface area contributed by atoms with Crippen molar-refractivity contribution in [2.24, 2.45) is 17.8 Å². The van der Waals surface area contributed by atoms with Crippen molar-refractivity contribution >= 4 is 52.7 Å². The van der Waals surface area contributed by atoms with Crippen LogP contribution in [0.15, 0.2) is 88.6 Å². The summed E-state index contributed by atoms with van der Waals surface area (Å²) in [6, 6.07) is -0.315. The minimum Gasteiger partial charge on any atom is -0.507 e. The van der Waals surface area contributed by atoms with Crippen molar-refractivity contribution in [3.05, 3.63) is 111 Å². The Morgan fingerprint density at radius 3 is 2.15 bits per heavy atom. The summed E-state index contributed by atoms with van der Waals surface area (Å²) in [4.78, 5) is 92.0. The van der Waals surface area contributed by atoms with Crippen molar-refractivity contribution in [2.45, 2.75) is 85.7 Å². The zero-order valence-corrected chi connectivity index (χ0v) is 34.8. The molecule has 1 aromatic carbocycles. The molecule has 1 aromatic rings. The van der Waals surface area contributed by atoms with Crippen LogP contribution in [0.3, 0.4) is 0 Å². The number of ketones is 4. The quantitative estimate of drug-likeness (QED) is 0.204. The number of aliphatic hydroxyl groups excluding tert-OH is 3. The van der Waals surface area contributed by atoms with Crippen molar-refractivity contribution in [3.8, 4) is 5.75 Å². The fraction of sp³-hybridized carbons (Fsp3) is 0.386. The smallest absolute Gasteiger partial charge is 0.327 e. The summed E-state index contributed by atoms with van der Waals surface area (Å²) in [5.74, 6) is -8.71. The highest BCUT2D eigenvalue weighted by Gasteiger charge is 2.39. The van der Waals surface area contributed by atoms with E-state index in [1.807, 2.05) is 0 Å². The Balaban J connectivity index is 2.19. The number of Topliss-reactive ketones (excluding diaryl/α,β-unsaturated/α-hetero) is 4. The molecule has 0 unspecified atom stereocenters. The molecule has 2 amide bonds. The van der Waals surface area contributed by atoms with Crippen LogP contribution in [-0.2, 0) is 19.2 Å². The Morgan fingerprint density at radius 1 is 0.847 bits per heavy atom. The number of carbonyl (C=O) groups excluding carboxylic acids is 6. The van der Waals surface area contributed by atoms with Crippen LogP contribution in [0.25, 0.3) is 0 Å². The number of phenols is 1. The Kier molecular flexibility index (Phi) is 17.5. The van der Waals surface area contributed by atoms with Gasteiger partial charge in [-0.1, -0.05) is 75.5 Å². The Bertz CT molecular complexity index is 2090. The number of aliphatic carboxylic acids is 1. The molecule has 7 N–H and O–H groups in total. The number of carboxylic acids is 1. The number of aliphatic hydroxyl groups is 3. The minimum atomic E-state index is -1.52. The third-order valence-corrected chi connectivity index (χ3v) is 11.0. The third kappa shape index (κ3) is 12.8. The summed E-state index contributed by atoms with van der Waals surface area (Å²) in [7, 11) is 0. The first-order valence-corrected chi connectivity index (χ1v) is 20.0. The number of allylic oxidation sites excluding steroid dienone is 8. The molecule has 0 saturated heterocycles. The van der Waals surface area contributed by atoms with Crippen LogP contribution >= 0.6 is 11.8 Å². The van der Waals surface area contributed by atoms with Crippen LogP contribution in [0.5, 0.6) is 5.75 Å². The first kappa shape index (κ1) is 47.9. The standard InChI is InChI=1S/C44H52N2O12S/c1-22-12-10-8-9-11-13-34(51)46-37-41(55)30-19-27(6)40(54)36(35(30)42(56)43(37)59-21-31(44(57)58)45-28(7)47)39(53)26(5)18-25(4)38(52)24(3)15-17-29(48)16-14-23(2)33(50)20-32(22)49/h8-15,17-19,22,24-25,29,31-32,38,48-49,52,54H,16,20-21H2,1-7H3,(H,45,47)(H,46,51)(H,57,58)/b9-8-,12-10+,13-11+,17-15+,23-14+,26-18-/t22-,24-,25-,29-,31-,32-,38-/m0/s1. The molecule has 59 heavy (non-hydrogen) atoms. The lowest BCUT2D eigenvalue weighted by molar-refractivity contribution is -0.140. The fourth-order valence-electron chi connectivity index (χ4n) is 6.24. The number of aromatic hydroxyl groups is 1. The maximum atomic E-state index is 14.4. The molecule has 4 bridgehead atoms. The number of phenolic OH excluding ortho intramolecular Hbond substituents is 1. The molecule has 0 aromatic heterocycles. The molecule has 0 fully saturated rings. The van der Waals surface area contributed by atoms with Gasteiger partial charge in [0.25, 0.3) is 0 Å². The Hall–Kier alpha value is -5.48. The van der Waals surface area contributed by atoms with Crippen LogP contribution in [0.2, 0.25) is 0 Å². The predicted octanol–water partition coefficient (Wildman–Crippen LogP) is 4.38. The van der Waals surface area contributed by atoms with Crippen molar-refractivity contribution in [2.75, 3.05) is 5.75 Å². The van der Waals surface area contributed by atoms with E-state index in [1.165, 1.54) is 44.2 Å². The minimum absolute atomic E-state index is 0.00628. The van der Waals surface area contributed by atoms with Gasteiger partial charge in [-0.2, -0.15) is 0 Å². The molecule has 2 aliphatic heterocycles. The molecule has 316 valence electrons. The molecular formula is C44H52N2O12S. The maximum Gasteiger partial charge on any atom is 0.327 e. The average molecular weight is 833 g/mol. The predicted molar refractivity (Wildman–Crippen MR) is 223 cm³/mol. The number of fused-ring (bicyclic) bond motifs is 18. The van der Waals surface area contributed by atoms with Crippen molar-refractivity contribution < 1.29 is 59.1 Å². The summed E-state index contributed by atoms with van der Waals surface area (Å²) < 4.78 is 0. The molecule has 3 aliphatic rings. The largest absolute Gasteiger partial charge is 0.507 e. The molecule has 2 heterocycles. The van der Waals surface area contributed by atoms with Crippen LogP contribution in [-0.4, -0.2) is 96.6 Å².